The average Bonchev–Trinajstić information content (AvgIpc) is 3.05. The Morgan fingerprint density at radius 2 is 1.02 bits per heavy atom. The van der Waals surface area contributed by atoms with Crippen LogP contribution >= 0.6 is 0 Å². The highest BCUT2D eigenvalue weighted by Gasteiger charge is 2.18. The van der Waals surface area contributed by atoms with E-state index in [4.69, 9.17) is 0 Å². The highest BCUT2D eigenvalue weighted by Crippen LogP contribution is 2.43. The summed E-state index contributed by atoms with van der Waals surface area (Å²) in [4.78, 5) is 2.39. The largest absolute Gasteiger partial charge is 0.310 e. The lowest BCUT2D eigenvalue weighted by atomic mass is 9.93. The van der Waals surface area contributed by atoms with Crippen LogP contribution in [0, 0.1) is 6.92 Å². The molecule has 0 N–H and O–H groups in total. The molecule has 1 heteroatoms. The van der Waals surface area contributed by atoms with E-state index in [1.165, 1.54) is 65.5 Å². The second kappa shape index (κ2) is 9.90. The van der Waals surface area contributed by atoms with Gasteiger partial charge in [-0.1, -0.05) is 133 Å². The first-order valence-corrected chi connectivity index (χ1v) is 14.5. The second-order valence-electron chi connectivity index (χ2n) is 11.1. The van der Waals surface area contributed by atoms with Gasteiger partial charge in [-0.05, 0) is 86.1 Å². The molecular formula is C41H29N. The fourth-order valence-corrected chi connectivity index (χ4v) is 6.35. The fraction of sp³-hybridized carbons (Fsp3) is 0.0244. The minimum Gasteiger partial charge on any atom is -0.310 e. The van der Waals surface area contributed by atoms with Crippen molar-refractivity contribution in [2.45, 2.75) is 6.92 Å². The van der Waals surface area contributed by atoms with Gasteiger partial charge < -0.3 is 4.90 Å². The van der Waals surface area contributed by atoms with Crippen LogP contribution < -0.4 is 4.90 Å². The number of anilines is 3. The van der Waals surface area contributed by atoms with Gasteiger partial charge in [0.25, 0.3) is 0 Å². The Labute approximate surface area is 245 Å². The summed E-state index contributed by atoms with van der Waals surface area (Å²) in [6.45, 7) is 2.14. The van der Waals surface area contributed by atoms with E-state index in [1.54, 1.807) is 0 Å². The molecule has 8 aromatic carbocycles. The summed E-state index contributed by atoms with van der Waals surface area (Å²) in [6, 6.07) is 53.0. The molecule has 0 aliphatic carbocycles. The van der Waals surface area contributed by atoms with Gasteiger partial charge in [-0.15, -0.1) is 0 Å². The van der Waals surface area contributed by atoms with Gasteiger partial charge in [0.15, 0.2) is 0 Å². The smallest absolute Gasteiger partial charge is 0.0540 e. The molecule has 0 aromatic heterocycles. The number of benzene rings is 8. The van der Waals surface area contributed by atoms with Crippen molar-refractivity contribution < 1.29 is 0 Å². The van der Waals surface area contributed by atoms with Crippen molar-refractivity contribution in [2.24, 2.45) is 0 Å². The summed E-state index contributed by atoms with van der Waals surface area (Å²) in [5.41, 5.74) is 7.12. The second-order valence-corrected chi connectivity index (χ2v) is 11.1. The van der Waals surface area contributed by atoms with Crippen LogP contribution in [-0.4, -0.2) is 0 Å². The average molecular weight is 536 g/mol. The maximum absolute atomic E-state index is 2.39. The summed E-state index contributed by atoms with van der Waals surface area (Å²) in [5, 5.41) is 10.3. The van der Waals surface area contributed by atoms with E-state index < -0.39 is 0 Å². The molecule has 1 nitrogen and oxygen atoms in total. The van der Waals surface area contributed by atoms with Crippen molar-refractivity contribution >= 4 is 72.3 Å². The number of fused-ring (bicyclic) bond motifs is 1. The highest BCUT2D eigenvalue weighted by atomic mass is 15.1. The molecule has 0 heterocycles. The topological polar surface area (TPSA) is 3.24 Å². The number of nitrogens with zero attached hydrogens (tertiary/aromatic N) is 1. The maximum Gasteiger partial charge on any atom is 0.0540 e. The molecule has 8 aromatic rings. The molecule has 0 saturated heterocycles. The molecule has 0 saturated carbocycles. The first-order valence-electron chi connectivity index (χ1n) is 14.5. The fourth-order valence-electron chi connectivity index (χ4n) is 6.35. The third kappa shape index (κ3) is 4.10. The molecule has 0 aliphatic rings. The van der Waals surface area contributed by atoms with Crippen LogP contribution in [0.2, 0.25) is 0 Å². The van der Waals surface area contributed by atoms with Crippen LogP contribution in [-0.2, 0) is 0 Å². The summed E-state index contributed by atoms with van der Waals surface area (Å²) < 4.78 is 0. The number of hydrogen-bond acceptors (Lipinski definition) is 1. The van der Waals surface area contributed by atoms with Gasteiger partial charge in [-0.2, -0.15) is 0 Å². The normalized spacial score (nSPS) is 11.8. The number of aryl methyl sites for hydroxylation is 1. The Balaban J connectivity index is 1.25. The van der Waals surface area contributed by atoms with Crippen LogP contribution in [0.25, 0.3) is 55.2 Å². The minimum absolute atomic E-state index is 1.14. The van der Waals surface area contributed by atoms with Gasteiger partial charge in [-0.25, -0.2) is 0 Å². The van der Waals surface area contributed by atoms with Crippen LogP contribution in [0.5, 0.6) is 0 Å². The molecule has 0 bridgehead atoms. The number of rotatable bonds is 5. The van der Waals surface area contributed by atoms with Crippen molar-refractivity contribution in [1.82, 2.24) is 0 Å². The Bertz CT molecular complexity index is 2220. The lowest BCUT2D eigenvalue weighted by Gasteiger charge is -2.28. The Morgan fingerprint density at radius 1 is 0.429 bits per heavy atom. The van der Waals surface area contributed by atoms with Crippen molar-refractivity contribution in [3.63, 3.8) is 0 Å². The molecule has 0 spiro atoms. The SMILES string of the molecule is Cc1ccc(N(c2ccc(C=Cc3cccc4ccccc34)cc2)c2ccc3ccc4cccc5ccc2c3c45)cc1. The van der Waals surface area contributed by atoms with Gasteiger partial charge in [0.2, 0.25) is 0 Å². The quantitative estimate of drug-likeness (QED) is 0.156. The van der Waals surface area contributed by atoms with E-state index >= 15 is 0 Å². The molecule has 0 aliphatic heterocycles. The van der Waals surface area contributed by atoms with Crippen molar-refractivity contribution in [3.8, 4) is 0 Å². The Kier molecular flexibility index (Phi) is 5.75. The minimum atomic E-state index is 1.14. The first-order chi connectivity index (χ1) is 20.7. The van der Waals surface area contributed by atoms with E-state index in [9.17, 15) is 0 Å². The van der Waals surface area contributed by atoms with Crippen LogP contribution in [0.4, 0.5) is 17.1 Å². The van der Waals surface area contributed by atoms with Crippen LogP contribution in [0.15, 0.2) is 146 Å². The first kappa shape index (κ1) is 24.4. The Hall–Kier alpha value is -5.40. The number of hydrogen-bond donors (Lipinski definition) is 0. The molecule has 42 heavy (non-hydrogen) atoms. The standard InChI is InChI=1S/C41H29N/c1-28-12-22-35(23-13-28)42(39-27-21-34-19-18-32-9-5-10-33-20-26-38(39)41(34)40(32)33)36-24-15-29(16-25-36)14-17-31-8-4-7-30-6-2-3-11-37(30)31/h2-27H,1H3. The van der Waals surface area contributed by atoms with E-state index in [0.29, 0.717) is 0 Å². The molecule has 0 amide bonds. The molecule has 198 valence electrons. The predicted molar refractivity (Wildman–Crippen MR) is 182 cm³/mol. The zero-order valence-electron chi connectivity index (χ0n) is 23.5. The Morgan fingerprint density at radius 3 is 1.81 bits per heavy atom. The van der Waals surface area contributed by atoms with Crippen LogP contribution in [0.1, 0.15) is 16.7 Å². The maximum atomic E-state index is 2.39. The van der Waals surface area contributed by atoms with Crippen molar-refractivity contribution in [1.29, 1.82) is 0 Å². The summed E-state index contributed by atoms with van der Waals surface area (Å²) >= 11 is 0. The predicted octanol–water partition coefficient (Wildman–Crippen LogP) is 11.7. The van der Waals surface area contributed by atoms with Crippen molar-refractivity contribution in [3.05, 3.63) is 162 Å². The van der Waals surface area contributed by atoms with Crippen molar-refractivity contribution in [2.75, 3.05) is 4.90 Å². The van der Waals surface area contributed by atoms with Gasteiger partial charge >= 0.3 is 0 Å². The van der Waals surface area contributed by atoms with Gasteiger partial charge in [0.05, 0.1) is 5.69 Å². The van der Waals surface area contributed by atoms with Crippen LogP contribution in [0.3, 0.4) is 0 Å². The molecule has 0 radical (unpaired) electrons. The zero-order valence-corrected chi connectivity index (χ0v) is 23.5. The summed E-state index contributed by atoms with van der Waals surface area (Å²) in [7, 11) is 0. The van der Waals surface area contributed by atoms with E-state index in [-0.39, 0.29) is 0 Å². The molecular weight excluding hydrogens is 506 g/mol. The van der Waals surface area contributed by atoms with E-state index in [0.717, 1.165) is 11.4 Å². The molecule has 0 atom stereocenters. The van der Waals surface area contributed by atoms with Gasteiger partial charge in [0.1, 0.15) is 0 Å². The van der Waals surface area contributed by atoms with Gasteiger partial charge in [0, 0.05) is 16.8 Å². The van der Waals surface area contributed by atoms with Gasteiger partial charge in [-0.3, -0.25) is 0 Å². The summed E-state index contributed by atoms with van der Waals surface area (Å²) in [5.74, 6) is 0. The monoisotopic (exact) mass is 535 g/mol. The zero-order chi connectivity index (χ0) is 28.0. The lowest BCUT2D eigenvalue weighted by Crippen LogP contribution is -2.10. The van der Waals surface area contributed by atoms with E-state index in [1.807, 2.05) is 0 Å². The third-order valence-corrected chi connectivity index (χ3v) is 8.47. The molecule has 8 rings (SSSR count). The molecule has 0 unspecified atom stereocenters. The van der Waals surface area contributed by atoms with E-state index in [2.05, 4.69) is 170 Å². The third-order valence-electron chi connectivity index (χ3n) is 8.47. The lowest BCUT2D eigenvalue weighted by molar-refractivity contribution is 1.29. The molecule has 0 fully saturated rings. The summed E-state index contributed by atoms with van der Waals surface area (Å²) in [6.07, 6.45) is 4.42. The highest BCUT2D eigenvalue weighted by molar-refractivity contribution is 6.25.